The van der Waals surface area contributed by atoms with Gasteiger partial charge in [0.15, 0.2) is 11.6 Å². The van der Waals surface area contributed by atoms with Crippen molar-refractivity contribution in [3.05, 3.63) is 65.2 Å². The Labute approximate surface area is 141 Å². The van der Waals surface area contributed by atoms with Crippen LogP contribution in [-0.4, -0.2) is 18.6 Å². The van der Waals surface area contributed by atoms with Crippen LogP contribution in [0.5, 0.6) is 5.75 Å². The zero-order chi connectivity index (χ0) is 19.5. The predicted molar refractivity (Wildman–Crippen MR) is 91.4 cm³/mol. The van der Waals surface area contributed by atoms with Crippen molar-refractivity contribution in [1.82, 2.24) is 0 Å². The van der Waals surface area contributed by atoms with Gasteiger partial charge in [-0.05, 0) is 35.2 Å². The number of ether oxygens (including phenoxy) is 1. The largest absolute Gasteiger partial charge is 0.497 e. The fraction of sp³-hybridized carbons (Fsp3) is 0.300. The van der Waals surface area contributed by atoms with Crippen LogP contribution in [0.3, 0.4) is 0 Å². The molecule has 0 bridgehead atoms. The van der Waals surface area contributed by atoms with E-state index in [4.69, 9.17) is 8.85 Å². The molecule has 0 unspecified atom stereocenters. The molecular weight excluding hydrogens is 288 g/mol. The molecule has 2 rings (SSSR count). The van der Waals surface area contributed by atoms with Gasteiger partial charge in [0, 0.05) is 11.1 Å². The number of rotatable bonds is 5. The molecule has 2 aromatic carbocycles. The van der Waals surface area contributed by atoms with Gasteiger partial charge in [0.25, 0.3) is 0 Å². The van der Waals surface area contributed by atoms with Crippen molar-refractivity contribution in [1.29, 1.82) is 0 Å². The normalized spacial score (nSPS) is 13.6. The lowest BCUT2D eigenvalue weighted by atomic mass is 9.86. The average Bonchev–Trinajstić information content (AvgIpc) is 2.53. The minimum absolute atomic E-state index is 0.00402. The molecule has 0 atom stereocenters. The summed E-state index contributed by atoms with van der Waals surface area (Å²) in [5.41, 5.74) is 1.94. The van der Waals surface area contributed by atoms with Crippen molar-refractivity contribution in [3.63, 3.8) is 0 Å². The summed E-state index contributed by atoms with van der Waals surface area (Å²) in [7, 11) is -2.54. The van der Waals surface area contributed by atoms with E-state index in [-0.39, 0.29) is 29.2 Å². The van der Waals surface area contributed by atoms with E-state index < -0.39 is 7.04 Å². The molecule has 0 aliphatic carbocycles. The fourth-order valence-corrected chi connectivity index (χ4v) is 2.21. The van der Waals surface area contributed by atoms with Crippen LogP contribution in [0.4, 0.5) is 0 Å². The van der Waals surface area contributed by atoms with Gasteiger partial charge in [-0.3, -0.25) is 9.59 Å². The van der Waals surface area contributed by atoms with Gasteiger partial charge >= 0.3 is 0 Å². The first-order chi connectivity index (χ1) is 12.0. The van der Waals surface area contributed by atoms with Gasteiger partial charge in [0.05, 0.1) is 17.6 Å². The molecule has 0 aliphatic heterocycles. The standard InChI is InChI=1S/C20H22O3/c1-20(2,3)16-9-5-14(6-10-16)18(21)13-19(22)15-7-11-17(23-4)12-8-15/h5-12H,13H2,1-4H3/i4D3. The van der Waals surface area contributed by atoms with Crippen LogP contribution in [0, 0.1) is 0 Å². The Morgan fingerprint density at radius 2 is 1.39 bits per heavy atom. The van der Waals surface area contributed by atoms with Gasteiger partial charge in [-0.15, -0.1) is 0 Å². The Kier molecular flexibility index (Phi) is 3.85. The first kappa shape index (κ1) is 13.1. The molecule has 0 aromatic heterocycles. The van der Waals surface area contributed by atoms with Crippen molar-refractivity contribution >= 4 is 11.6 Å². The third kappa shape index (κ3) is 4.28. The average molecular weight is 313 g/mol. The van der Waals surface area contributed by atoms with Gasteiger partial charge in [0.2, 0.25) is 0 Å². The minimum Gasteiger partial charge on any atom is -0.497 e. The monoisotopic (exact) mass is 313 g/mol. The number of hydrogen-bond donors (Lipinski definition) is 0. The molecule has 3 heteroatoms. The summed E-state index contributed by atoms with van der Waals surface area (Å²) in [4.78, 5) is 24.6. The molecule has 0 heterocycles. The molecule has 0 saturated heterocycles. The lowest BCUT2D eigenvalue weighted by Gasteiger charge is -2.18. The van der Waals surface area contributed by atoms with Crippen molar-refractivity contribution in [2.45, 2.75) is 32.6 Å². The lowest BCUT2D eigenvalue weighted by Crippen LogP contribution is -2.12. The molecule has 3 nitrogen and oxygen atoms in total. The molecule has 0 saturated carbocycles. The highest BCUT2D eigenvalue weighted by Crippen LogP contribution is 2.22. The van der Waals surface area contributed by atoms with Crippen LogP contribution in [0.15, 0.2) is 48.5 Å². The Morgan fingerprint density at radius 1 is 0.913 bits per heavy atom. The lowest BCUT2D eigenvalue weighted by molar-refractivity contribution is 0.0894. The topological polar surface area (TPSA) is 43.4 Å². The summed E-state index contributed by atoms with van der Waals surface area (Å²) in [6, 6.07) is 13.0. The maximum absolute atomic E-state index is 12.3. The van der Waals surface area contributed by atoms with Crippen LogP contribution in [-0.2, 0) is 5.41 Å². The van der Waals surface area contributed by atoms with Crippen LogP contribution in [0.25, 0.3) is 0 Å². The summed E-state index contributed by atoms with van der Waals surface area (Å²) in [5, 5.41) is 0. The van der Waals surface area contributed by atoms with Gasteiger partial charge in [-0.2, -0.15) is 0 Å². The van der Waals surface area contributed by atoms with Crippen molar-refractivity contribution in [3.8, 4) is 5.75 Å². The van der Waals surface area contributed by atoms with Crippen molar-refractivity contribution < 1.29 is 18.4 Å². The van der Waals surface area contributed by atoms with E-state index in [9.17, 15) is 9.59 Å². The van der Waals surface area contributed by atoms with Gasteiger partial charge in [-0.1, -0.05) is 45.0 Å². The van der Waals surface area contributed by atoms with Crippen LogP contribution in [0.2, 0.25) is 0 Å². The number of benzene rings is 2. The summed E-state index contributed by atoms with van der Waals surface area (Å²) >= 11 is 0. The van der Waals surface area contributed by atoms with Crippen molar-refractivity contribution in [2.24, 2.45) is 0 Å². The zero-order valence-electron chi connectivity index (χ0n) is 16.6. The quantitative estimate of drug-likeness (QED) is 0.605. The van der Waals surface area contributed by atoms with E-state index in [1.54, 1.807) is 12.1 Å². The van der Waals surface area contributed by atoms with E-state index in [1.807, 2.05) is 12.1 Å². The first-order valence-electron chi connectivity index (χ1n) is 8.92. The SMILES string of the molecule is [2H]C([2H])([2H])Oc1ccc(C(=O)CC(=O)c2ccc(C(C)(C)C)cc2)cc1. The minimum atomic E-state index is -2.54. The fourth-order valence-electron chi connectivity index (χ4n) is 2.21. The van der Waals surface area contributed by atoms with Gasteiger partial charge in [-0.25, -0.2) is 0 Å². The van der Waals surface area contributed by atoms with Crippen LogP contribution >= 0.6 is 0 Å². The number of Topliss-reactive ketones (excluding diaryl/α,β-unsaturated/α-hetero) is 2. The molecular formula is C20H22O3. The van der Waals surface area contributed by atoms with E-state index in [2.05, 4.69) is 20.8 Å². The zero-order valence-corrected chi connectivity index (χ0v) is 13.6. The maximum atomic E-state index is 12.3. The summed E-state index contributed by atoms with van der Waals surface area (Å²) < 4.78 is 25.9. The van der Waals surface area contributed by atoms with Gasteiger partial charge in [0.1, 0.15) is 5.75 Å². The molecule has 2 aromatic rings. The second kappa shape index (κ2) is 6.78. The molecule has 0 spiro atoms. The number of ketones is 2. The second-order valence-electron chi connectivity index (χ2n) is 6.48. The smallest absolute Gasteiger partial charge is 0.170 e. The Bertz CT molecular complexity index is 783. The maximum Gasteiger partial charge on any atom is 0.170 e. The van der Waals surface area contributed by atoms with E-state index in [1.165, 1.54) is 24.3 Å². The Balaban J connectivity index is 2.04. The highest BCUT2D eigenvalue weighted by molar-refractivity contribution is 6.13. The van der Waals surface area contributed by atoms with Gasteiger partial charge < -0.3 is 4.74 Å². The third-order valence-electron chi connectivity index (χ3n) is 3.69. The molecule has 120 valence electrons. The van der Waals surface area contributed by atoms with Crippen molar-refractivity contribution in [2.75, 3.05) is 7.04 Å². The Morgan fingerprint density at radius 3 is 1.83 bits per heavy atom. The molecule has 0 N–H and O–H groups in total. The number of hydrogen-bond acceptors (Lipinski definition) is 3. The predicted octanol–water partition coefficient (Wildman–Crippen LogP) is 4.45. The number of carbonyl (C=O) groups is 2. The molecule has 0 aliphatic rings. The Hall–Kier alpha value is -2.42. The van der Waals surface area contributed by atoms with E-state index in [0.29, 0.717) is 11.1 Å². The van der Waals surface area contributed by atoms with Crippen LogP contribution < -0.4 is 4.74 Å². The molecule has 0 fully saturated rings. The van der Waals surface area contributed by atoms with Crippen LogP contribution in [0.1, 0.15) is 57.6 Å². The van der Waals surface area contributed by atoms with E-state index >= 15 is 0 Å². The van der Waals surface area contributed by atoms with E-state index in [0.717, 1.165) is 5.56 Å². The number of methoxy groups -OCH3 is 1. The molecule has 0 radical (unpaired) electrons. The highest BCUT2D eigenvalue weighted by Gasteiger charge is 2.16. The molecule has 23 heavy (non-hydrogen) atoms. The summed E-state index contributed by atoms with van der Waals surface area (Å²) in [6.45, 7) is 6.27. The first-order valence-corrected chi connectivity index (χ1v) is 7.42. The second-order valence-corrected chi connectivity index (χ2v) is 6.48. The highest BCUT2D eigenvalue weighted by atomic mass is 16.5. The summed E-state index contributed by atoms with van der Waals surface area (Å²) in [5.74, 6) is -0.431. The molecule has 0 amide bonds. The number of carbonyl (C=O) groups excluding carboxylic acids is 2. The summed E-state index contributed by atoms with van der Waals surface area (Å²) in [6.07, 6.45) is -0.242. The third-order valence-corrected chi connectivity index (χ3v) is 3.69.